The fourth-order valence-electron chi connectivity index (χ4n) is 9.87. The van der Waals surface area contributed by atoms with E-state index < -0.39 is 0 Å². The lowest BCUT2D eigenvalue weighted by molar-refractivity contribution is -0.660. The largest absolute Gasteiger partial charge is 0.212 e. The number of aromatic nitrogens is 4. The second kappa shape index (κ2) is 26.6. The fraction of sp³-hybridized carbons (Fsp3) is 0.371. The average molecular weight is 990 g/mol. The molecule has 0 spiro atoms. The van der Waals surface area contributed by atoms with Crippen LogP contribution in [0.1, 0.15) is 145 Å². The highest BCUT2D eigenvalue weighted by Gasteiger charge is 2.19. The Morgan fingerprint density at radius 1 is 0.392 bits per heavy atom. The fourth-order valence-corrected chi connectivity index (χ4v) is 9.87. The van der Waals surface area contributed by atoms with Crippen LogP contribution in [0.5, 0.6) is 0 Å². The van der Waals surface area contributed by atoms with E-state index in [-0.39, 0.29) is 5.41 Å². The first-order valence-electron chi connectivity index (χ1n) is 27.3. The minimum atomic E-state index is 0.210. The molecule has 0 N–H and O–H groups in total. The number of aryl methyl sites for hydroxylation is 8. The molecule has 4 heterocycles. The topological polar surface area (TPSA) is 15.5 Å². The Morgan fingerprint density at radius 2 is 0.743 bits per heavy atom. The van der Waals surface area contributed by atoms with E-state index in [0.29, 0.717) is 17.3 Å². The van der Waals surface area contributed by atoms with Gasteiger partial charge in [0.25, 0.3) is 0 Å². The molecular weight excluding hydrogens is 897 g/mol. The van der Waals surface area contributed by atoms with E-state index >= 15 is 0 Å². The molecule has 0 aliphatic heterocycles. The lowest BCUT2D eigenvalue weighted by Gasteiger charge is -2.20. The minimum Gasteiger partial charge on any atom is -0.201 e. The number of rotatable bonds is 10. The van der Waals surface area contributed by atoms with Gasteiger partial charge in [-0.1, -0.05) is 118 Å². The van der Waals surface area contributed by atoms with E-state index in [1.807, 2.05) is 0 Å². The second-order valence-electron chi connectivity index (χ2n) is 22.9. The summed E-state index contributed by atoms with van der Waals surface area (Å²) in [7, 11) is 8.38. The molecule has 388 valence electrons. The highest BCUT2D eigenvalue weighted by molar-refractivity contribution is 5.64. The summed E-state index contributed by atoms with van der Waals surface area (Å²) in [5.74, 6) is 1.33. The lowest BCUT2D eigenvalue weighted by Crippen LogP contribution is -2.30. The highest BCUT2D eigenvalue weighted by atomic mass is 14.9. The molecule has 0 aliphatic carbocycles. The van der Waals surface area contributed by atoms with E-state index in [0.717, 1.165) is 6.42 Å². The smallest absolute Gasteiger partial charge is 0.201 e. The zero-order valence-electron chi connectivity index (χ0n) is 48.9. The van der Waals surface area contributed by atoms with Gasteiger partial charge in [-0.05, 0) is 169 Å². The molecule has 4 nitrogen and oxygen atoms in total. The maximum absolute atomic E-state index is 2.36. The van der Waals surface area contributed by atoms with E-state index in [9.17, 15) is 0 Å². The molecule has 0 radical (unpaired) electrons. The van der Waals surface area contributed by atoms with Crippen molar-refractivity contribution >= 4 is 0 Å². The molecule has 4 aromatic carbocycles. The van der Waals surface area contributed by atoms with Crippen LogP contribution in [0.15, 0.2) is 170 Å². The molecule has 4 aromatic heterocycles. The maximum Gasteiger partial charge on any atom is 0.212 e. The van der Waals surface area contributed by atoms with Gasteiger partial charge in [0.1, 0.15) is 28.2 Å². The van der Waals surface area contributed by atoms with Crippen LogP contribution in [0.3, 0.4) is 0 Å². The van der Waals surface area contributed by atoms with Crippen LogP contribution in [-0.4, -0.2) is 0 Å². The van der Waals surface area contributed by atoms with Crippen LogP contribution in [0.4, 0.5) is 0 Å². The van der Waals surface area contributed by atoms with Crippen LogP contribution in [0, 0.1) is 33.1 Å². The predicted octanol–water partition coefficient (Wildman–Crippen LogP) is 16.2. The monoisotopic (exact) mass is 989 g/mol. The Bertz CT molecular complexity index is 3070. The highest BCUT2D eigenvalue weighted by Crippen LogP contribution is 2.31. The number of hydrogen-bond acceptors (Lipinski definition) is 0. The van der Waals surface area contributed by atoms with Crippen molar-refractivity contribution in [3.63, 3.8) is 0 Å². The van der Waals surface area contributed by atoms with Gasteiger partial charge >= 0.3 is 0 Å². The molecule has 8 rings (SSSR count). The zero-order valence-corrected chi connectivity index (χ0v) is 48.9. The summed E-state index contributed by atoms with van der Waals surface area (Å²) in [5, 5.41) is 0. The van der Waals surface area contributed by atoms with Crippen LogP contribution in [0.2, 0.25) is 0 Å². The standard InChI is InChI=1S/2C18H24N.2C17H22N/c1-14-12-15(13-18(2,3)4)9-10-16(14)17-8-6-7-11-19(17)5;1-5-15(6-2)16-10-11-17(14(3)13-16)18-9-7-8-12-19(18)4;1-13-12-14(17(2,3)4)9-10-15(13)16-8-6-7-11-18(16)5;1-5-13(2)15-9-10-16(14(3)12-15)17-8-6-7-11-18(17)4/h6-12H,13H2,1-5H3;7-13,15H,5-6H2,1-4H3;6-12H,1-5H3;6-13H,5H2,1-4H3/q4*+1. The van der Waals surface area contributed by atoms with Gasteiger partial charge in [-0.15, -0.1) is 0 Å². The molecule has 0 bridgehead atoms. The summed E-state index contributed by atoms with van der Waals surface area (Å²) in [5.41, 5.74) is 22.0. The van der Waals surface area contributed by atoms with Crippen molar-refractivity contribution in [1.29, 1.82) is 0 Å². The average Bonchev–Trinajstić information content (AvgIpc) is 3.35. The number of pyridine rings is 4. The first-order valence-corrected chi connectivity index (χ1v) is 27.3. The Morgan fingerprint density at radius 3 is 1.07 bits per heavy atom. The van der Waals surface area contributed by atoms with Gasteiger partial charge in [-0.25, -0.2) is 18.3 Å². The van der Waals surface area contributed by atoms with Crippen molar-refractivity contribution in [2.75, 3.05) is 0 Å². The molecule has 8 aromatic rings. The lowest BCUT2D eigenvalue weighted by atomic mass is 9.85. The van der Waals surface area contributed by atoms with Crippen molar-refractivity contribution in [1.82, 2.24) is 0 Å². The summed E-state index contributed by atoms with van der Waals surface area (Å²) >= 11 is 0. The van der Waals surface area contributed by atoms with E-state index in [1.54, 1.807) is 0 Å². The Kier molecular flexibility index (Phi) is 21.0. The second-order valence-corrected chi connectivity index (χ2v) is 22.9. The van der Waals surface area contributed by atoms with Gasteiger partial charge in [0.2, 0.25) is 22.8 Å². The first kappa shape index (κ1) is 58.4. The third-order valence-corrected chi connectivity index (χ3v) is 14.6. The van der Waals surface area contributed by atoms with Crippen LogP contribution in [0.25, 0.3) is 45.0 Å². The summed E-state index contributed by atoms with van der Waals surface area (Å²) in [6, 6.07) is 52.7. The molecule has 0 aliphatic rings. The zero-order chi connectivity index (χ0) is 54.3. The van der Waals surface area contributed by atoms with Crippen molar-refractivity contribution in [3.8, 4) is 45.0 Å². The molecule has 1 atom stereocenters. The summed E-state index contributed by atoms with van der Waals surface area (Å²) in [4.78, 5) is 0. The van der Waals surface area contributed by atoms with E-state index in [4.69, 9.17) is 0 Å². The van der Waals surface area contributed by atoms with Gasteiger partial charge in [-0.2, -0.15) is 0 Å². The summed E-state index contributed by atoms with van der Waals surface area (Å²) in [6.07, 6.45) is 13.1. The van der Waals surface area contributed by atoms with Crippen molar-refractivity contribution in [2.45, 2.75) is 140 Å². The third kappa shape index (κ3) is 16.0. The molecule has 74 heavy (non-hydrogen) atoms. The first-order chi connectivity index (χ1) is 35.1. The predicted molar refractivity (Wildman–Crippen MR) is 315 cm³/mol. The van der Waals surface area contributed by atoms with Gasteiger partial charge in [0, 0.05) is 70.8 Å². The van der Waals surface area contributed by atoms with Crippen LogP contribution in [-0.2, 0) is 40.0 Å². The Balaban J connectivity index is 0.000000183. The van der Waals surface area contributed by atoms with E-state index in [1.165, 1.54) is 109 Å². The summed E-state index contributed by atoms with van der Waals surface area (Å²) < 4.78 is 8.69. The minimum absolute atomic E-state index is 0.210. The number of nitrogens with zero attached hydrogens (tertiary/aromatic N) is 4. The molecule has 0 amide bonds. The van der Waals surface area contributed by atoms with Crippen LogP contribution < -0.4 is 18.3 Å². The SMILES string of the molecule is CCC(C)c1ccc(-c2cccc[n+]2C)c(C)c1.CCC(CC)c1ccc(-c2cccc[n+]2C)c(C)c1.Cc1cc(C(C)(C)C)ccc1-c1cccc[n+]1C.Cc1cc(CC(C)(C)C)ccc1-c1cccc[n+]1C. The quantitative estimate of drug-likeness (QED) is 0.121. The van der Waals surface area contributed by atoms with Gasteiger partial charge in [-0.3, -0.25) is 0 Å². The molecule has 0 saturated carbocycles. The van der Waals surface area contributed by atoms with Gasteiger partial charge < -0.3 is 0 Å². The van der Waals surface area contributed by atoms with Gasteiger partial charge in [0.15, 0.2) is 24.8 Å². The maximum atomic E-state index is 2.36. The molecule has 0 fully saturated rings. The number of benzene rings is 4. The Hall–Kier alpha value is -6.52. The molecular formula is C70H92N4+4. The molecule has 4 heteroatoms. The van der Waals surface area contributed by atoms with Crippen molar-refractivity contribution < 1.29 is 18.3 Å². The Labute approximate surface area is 449 Å². The normalized spacial score (nSPS) is 11.7. The molecule has 1 unspecified atom stereocenters. The van der Waals surface area contributed by atoms with Crippen molar-refractivity contribution in [3.05, 3.63) is 215 Å². The van der Waals surface area contributed by atoms with Gasteiger partial charge in [0.05, 0.1) is 0 Å². The van der Waals surface area contributed by atoms with Crippen molar-refractivity contribution in [2.24, 2.45) is 33.6 Å². The van der Waals surface area contributed by atoms with E-state index in [2.05, 4.69) is 314 Å². The third-order valence-electron chi connectivity index (χ3n) is 14.6. The number of hydrogen-bond donors (Lipinski definition) is 0. The summed E-state index contributed by atoms with van der Waals surface area (Å²) in [6.45, 7) is 31.5. The van der Waals surface area contributed by atoms with Crippen LogP contribution >= 0.6 is 0 Å². The molecule has 0 saturated heterocycles.